The van der Waals surface area contributed by atoms with Gasteiger partial charge in [-0.15, -0.1) is 0 Å². The van der Waals surface area contributed by atoms with Crippen molar-refractivity contribution < 1.29 is 14.3 Å². The molecule has 0 unspecified atom stereocenters. The quantitative estimate of drug-likeness (QED) is 0.506. The SMILES string of the molecule is COc1ccc(/C(C)=N\NC(=O)c2cccc(Cn3cccn3)c2)c(OC)c1. The molecule has 1 N–H and O–H groups in total. The molecule has 7 heteroatoms. The molecule has 28 heavy (non-hydrogen) atoms. The Morgan fingerprint density at radius 2 is 2.00 bits per heavy atom. The zero-order valence-electron chi connectivity index (χ0n) is 16.0. The van der Waals surface area contributed by atoms with E-state index >= 15 is 0 Å². The fraction of sp³-hybridized carbons (Fsp3) is 0.190. The molecule has 0 saturated heterocycles. The summed E-state index contributed by atoms with van der Waals surface area (Å²) in [5.74, 6) is 1.02. The average Bonchev–Trinajstić information content (AvgIpc) is 3.24. The lowest BCUT2D eigenvalue weighted by molar-refractivity contribution is 0.0954. The van der Waals surface area contributed by atoms with Crippen molar-refractivity contribution in [2.45, 2.75) is 13.5 Å². The van der Waals surface area contributed by atoms with E-state index < -0.39 is 0 Å². The van der Waals surface area contributed by atoms with Crippen LogP contribution in [0.1, 0.15) is 28.4 Å². The molecule has 0 saturated carbocycles. The lowest BCUT2D eigenvalue weighted by atomic mass is 10.1. The van der Waals surface area contributed by atoms with Gasteiger partial charge in [0.05, 0.1) is 26.5 Å². The van der Waals surface area contributed by atoms with Crippen molar-refractivity contribution in [1.82, 2.24) is 15.2 Å². The van der Waals surface area contributed by atoms with Gasteiger partial charge in [-0.1, -0.05) is 12.1 Å². The zero-order chi connectivity index (χ0) is 19.9. The third-order valence-corrected chi connectivity index (χ3v) is 4.22. The van der Waals surface area contributed by atoms with Crippen molar-refractivity contribution in [3.05, 3.63) is 77.6 Å². The summed E-state index contributed by atoms with van der Waals surface area (Å²) in [6.07, 6.45) is 3.60. The smallest absolute Gasteiger partial charge is 0.271 e. The number of hydrogen-bond donors (Lipinski definition) is 1. The molecule has 0 radical (unpaired) electrons. The van der Waals surface area contributed by atoms with Crippen molar-refractivity contribution >= 4 is 11.6 Å². The first-order chi connectivity index (χ1) is 13.6. The molecule has 1 heterocycles. The first-order valence-corrected chi connectivity index (χ1v) is 8.74. The number of nitrogens with one attached hydrogen (secondary N) is 1. The van der Waals surface area contributed by atoms with Crippen molar-refractivity contribution in [3.8, 4) is 11.5 Å². The van der Waals surface area contributed by atoms with Gasteiger partial charge in [0, 0.05) is 29.6 Å². The fourth-order valence-electron chi connectivity index (χ4n) is 2.75. The van der Waals surface area contributed by atoms with Crippen LogP contribution in [0.3, 0.4) is 0 Å². The van der Waals surface area contributed by atoms with Crippen LogP contribution in [-0.2, 0) is 6.54 Å². The Morgan fingerprint density at radius 3 is 2.71 bits per heavy atom. The molecular weight excluding hydrogens is 356 g/mol. The lowest BCUT2D eigenvalue weighted by Crippen LogP contribution is -2.19. The lowest BCUT2D eigenvalue weighted by Gasteiger charge is -2.10. The zero-order valence-corrected chi connectivity index (χ0v) is 16.0. The Bertz CT molecular complexity index is 981. The van der Waals surface area contributed by atoms with Crippen molar-refractivity contribution in [2.24, 2.45) is 5.10 Å². The molecule has 1 amide bonds. The van der Waals surface area contributed by atoms with Crippen LogP contribution in [0.15, 0.2) is 66.0 Å². The summed E-state index contributed by atoms with van der Waals surface area (Å²) in [6.45, 7) is 2.40. The molecule has 0 aliphatic rings. The van der Waals surface area contributed by atoms with Crippen LogP contribution in [0.4, 0.5) is 0 Å². The van der Waals surface area contributed by atoms with Gasteiger partial charge in [0.2, 0.25) is 0 Å². The molecular formula is C21H22N4O3. The molecule has 2 aromatic carbocycles. The summed E-state index contributed by atoms with van der Waals surface area (Å²) in [4.78, 5) is 12.5. The molecule has 0 fully saturated rings. The Labute approximate surface area is 163 Å². The molecule has 144 valence electrons. The second-order valence-corrected chi connectivity index (χ2v) is 6.11. The summed E-state index contributed by atoms with van der Waals surface area (Å²) in [5.41, 5.74) is 5.51. The molecule has 0 spiro atoms. The third kappa shape index (κ3) is 4.56. The van der Waals surface area contributed by atoms with E-state index in [4.69, 9.17) is 9.47 Å². The van der Waals surface area contributed by atoms with Gasteiger partial charge in [-0.2, -0.15) is 10.2 Å². The number of amides is 1. The Kier molecular flexibility index (Phi) is 6.06. The number of aromatic nitrogens is 2. The number of hydrazone groups is 1. The highest BCUT2D eigenvalue weighted by Crippen LogP contribution is 2.25. The summed E-state index contributed by atoms with van der Waals surface area (Å²) in [7, 11) is 3.17. The van der Waals surface area contributed by atoms with Crippen molar-refractivity contribution in [1.29, 1.82) is 0 Å². The van der Waals surface area contributed by atoms with E-state index in [1.54, 1.807) is 44.2 Å². The van der Waals surface area contributed by atoms with Gasteiger partial charge >= 0.3 is 0 Å². The number of carbonyl (C=O) groups excluding carboxylic acids is 1. The minimum absolute atomic E-state index is 0.283. The predicted molar refractivity (Wildman–Crippen MR) is 107 cm³/mol. The maximum absolute atomic E-state index is 12.5. The van der Waals surface area contributed by atoms with E-state index in [9.17, 15) is 4.79 Å². The average molecular weight is 378 g/mol. The monoisotopic (exact) mass is 378 g/mol. The Morgan fingerprint density at radius 1 is 1.14 bits per heavy atom. The van der Waals surface area contributed by atoms with E-state index in [0.717, 1.165) is 11.1 Å². The first kappa shape index (κ1) is 19.2. The van der Waals surface area contributed by atoms with E-state index in [0.29, 0.717) is 29.3 Å². The fourth-order valence-corrected chi connectivity index (χ4v) is 2.75. The normalized spacial score (nSPS) is 11.2. The Balaban J connectivity index is 1.72. The molecule has 1 aromatic heterocycles. The maximum Gasteiger partial charge on any atom is 0.271 e. The van der Waals surface area contributed by atoms with Crippen LogP contribution in [0.25, 0.3) is 0 Å². The molecule has 0 aliphatic heterocycles. The van der Waals surface area contributed by atoms with E-state index in [2.05, 4.69) is 15.6 Å². The third-order valence-electron chi connectivity index (χ3n) is 4.22. The van der Waals surface area contributed by atoms with Crippen LogP contribution < -0.4 is 14.9 Å². The van der Waals surface area contributed by atoms with Gasteiger partial charge in [-0.3, -0.25) is 9.48 Å². The number of benzene rings is 2. The molecule has 3 aromatic rings. The second kappa shape index (κ2) is 8.85. The van der Waals surface area contributed by atoms with Gasteiger partial charge in [0.25, 0.3) is 5.91 Å². The number of hydrogen-bond acceptors (Lipinski definition) is 5. The minimum Gasteiger partial charge on any atom is -0.497 e. The molecule has 0 atom stereocenters. The van der Waals surface area contributed by atoms with E-state index in [-0.39, 0.29) is 5.91 Å². The highest BCUT2D eigenvalue weighted by atomic mass is 16.5. The van der Waals surface area contributed by atoms with Crippen LogP contribution in [0.2, 0.25) is 0 Å². The molecule has 7 nitrogen and oxygen atoms in total. The van der Waals surface area contributed by atoms with Gasteiger partial charge in [-0.25, -0.2) is 5.43 Å². The van der Waals surface area contributed by atoms with Crippen LogP contribution >= 0.6 is 0 Å². The predicted octanol–water partition coefficient (Wildman–Crippen LogP) is 3.10. The minimum atomic E-state index is -0.283. The summed E-state index contributed by atoms with van der Waals surface area (Å²) >= 11 is 0. The molecule has 3 rings (SSSR count). The van der Waals surface area contributed by atoms with E-state index in [1.165, 1.54) is 0 Å². The van der Waals surface area contributed by atoms with Crippen molar-refractivity contribution in [3.63, 3.8) is 0 Å². The van der Waals surface area contributed by atoms with Gasteiger partial charge in [-0.05, 0) is 42.8 Å². The molecule has 0 aliphatic carbocycles. The van der Waals surface area contributed by atoms with Crippen LogP contribution in [0, 0.1) is 0 Å². The highest BCUT2D eigenvalue weighted by molar-refractivity contribution is 6.02. The van der Waals surface area contributed by atoms with Crippen LogP contribution in [-0.4, -0.2) is 35.6 Å². The largest absolute Gasteiger partial charge is 0.497 e. The summed E-state index contributed by atoms with van der Waals surface area (Å²) in [6, 6.07) is 14.7. The molecule has 0 bridgehead atoms. The number of nitrogens with zero attached hydrogens (tertiary/aromatic N) is 3. The number of methoxy groups -OCH3 is 2. The van der Waals surface area contributed by atoms with Crippen molar-refractivity contribution in [2.75, 3.05) is 14.2 Å². The standard InChI is InChI=1S/C21H22N4O3/c1-15(19-9-8-18(27-2)13-20(19)28-3)23-24-21(26)17-7-4-6-16(12-17)14-25-11-5-10-22-25/h4-13H,14H2,1-3H3,(H,24,26)/b23-15-. The summed E-state index contributed by atoms with van der Waals surface area (Å²) in [5, 5.41) is 8.40. The number of ether oxygens (including phenoxy) is 2. The highest BCUT2D eigenvalue weighted by Gasteiger charge is 2.10. The van der Waals surface area contributed by atoms with E-state index in [1.807, 2.05) is 42.6 Å². The second-order valence-electron chi connectivity index (χ2n) is 6.11. The number of rotatable bonds is 7. The number of carbonyl (C=O) groups is 1. The van der Waals surface area contributed by atoms with Crippen LogP contribution in [0.5, 0.6) is 11.5 Å². The maximum atomic E-state index is 12.5. The Hall–Kier alpha value is -3.61. The van der Waals surface area contributed by atoms with Gasteiger partial charge < -0.3 is 9.47 Å². The van der Waals surface area contributed by atoms with Gasteiger partial charge in [0.1, 0.15) is 11.5 Å². The summed E-state index contributed by atoms with van der Waals surface area (Å²) < 4.78 is 12.4. The topological polar surface area (TPSA) is 77.7 Å². The first-order valence-electron chi connectivity index (χ1n) is 8.74. The van der Waals surface area contributed by atoms with Gasteiger partial charge in [0.15, 0.2) is 0 Å².